The van der Waals surface area contributed by atoms with Crippen molar-refractivity contribution < 1.29 is 14.6 Å². The van der Waals surface area contributed by atoms with Gasteiger partial charge in [-0.25, -0.2) is 0 Å². The molecule has 0 aliphatic rings. The lowest BCUT2D eigenvalue weighted by molar-refractivity contribution is 0.220. The summed E-state index contributed by atoms with van der Waals surface area (Å²) in [5.74, 6) is 1.39. The highest BCUT2D eigenvalue weighted by Gasteiger charge is 2.12. The highest BCUT2D eigenvalue weighted by molar-refractivity contribution is 5.55. The smallest absolute Gasteiger partial charge is 0.141 e. The largest absolute Gasteiger partial charge is 0.495 e. The van der Waals surface area contributed by atoms with Crippen LogP contribution in [0, 0.1) is 0 Å². The van der Waals surface area contributed by atoms with E-state index in [4.69, 9.17) is 15.2 Å². The van der Waals surface area contributed by atoms with Crippen molar-refractivity contribution in [2.24, 2.45) is 0 Å². The molecule has 3 N–H and O–H groups in total. The highest BCUT2D eigenvalue weighted by Crippen LogP contribution is 2.29. The van der Waals surface area contributed by atoms with Gasteiger partial charge in [-0.05, 0) is 42.3 Å². The van der Waals surface area contributed by atoms with E-state index in [1.54, 1.807) is 25.3 Å². The third kappa shape index (κ3) is 3.03. The van der Waals surface area contributed by atoms with E-state index in [2.05, 4.69) is 0 Å². The first kappa shape index (κ1) is 14.2. The summed E-state index contributed by atoms with van der Waals surface area (Å²) in [7, 11) is 1.56. The van der Waals surface area contributed by atoms with Crippen molar-refractivity contribution in [2.45, 2.75) is 13.0 Å². The standard InChI is InChI=1S/C16H19NO3/c1-3-20-13-7-4-11(5-8-13)16(18)12-6-9-15(19-2)14(17)10-12/h4-10,16,18H,3,17H2,1-2H3. The van der Waals surface area contributed by atoms with Crippen LogP contribution in [-0.4, -0.2) is 18.8 Å². The third-order valence-electron chi connectivity index (χ3n) is 3.08. The number of ether oxygens (including phenoxy) is 2. The minimum atomic E-state index is -0.723. The number of benzene rings is 2. The van der Waals surface area contributed by atoms with Crippen LogP contribution in [0.1, 0.15) is 24.2 Å². The second kappa shape index (κ2) is 6.30. The fraction of sp³-hybridized carbons (Fsp3) is 0.250. The van der Waals surface area contributed by atoms with Gasteiger partial charge in [0, 0.05) is 0 Å². The van der Waals surface area contributed by atoms with Crippen LogP contribution in [0.3, 0.4) is 0 Å². The van der Waals surface area contributed by atoms with Crippen LogP contribution in [0.4, 0.5) is 5.69 Å². The van der Waals surface area contributed by atoms with Crippen LogP contribution in [0.5, 0.6) is 11.5 Å². The van der Waals surface area contributed by atoms with Gasteiger partial charge >= 0.3 is 0 Å². The van der Waals surface area contributed by atoms with E-state index in [1.807, 2.05) is 31.2 Å². The van der Waals surface area contributed by atoms with Crippen molar-refractivity contribution in [2.75, 3.05) is 19.5 Å². The molecule has 0 bridgehead atoms. The van der Waals surface area contributed by atoms with E-state index in [1.165, 1.54) is 0 Å². The van der Waals surface area contributed by atoms with Crippen molar-refractivity contribution in [3.05, 3.63) is 53.6 Å². The quantitative estimate of drug-likeness (QED) is 0.822. The molecule has 0 radical (unpaired) electrons. The van der Waals surface area contributed by atoms with Crippen LogP contribution < -0.4 is 15.2 Å². The van der Waals surface area contributed by atoms with E-state index in [0.29, 0.717) is 18.0 Å². The Balaban J connectivity index is 2.21. The molecule has 0 heterocycles. The molecule has 2 rings (SSSR count). The van der Waals surface area contributed by atoms with E-state index in [0.717, 1.165) is 16.9 Å². The zero-order chi connectivity index (χ0) is 14.5. The zero-order valence-electron chi connectivity index (χ0n) is 11.7. The molecule has 4 nitrogen and oxygen atoms in total. The molecular weight excluding hydrogens is 254 g/mol. The Morgan fingerprint density at radius 2 is 1.75 bits per heavy atom. The highest BCUT2D eigenvalue weighted by atomic mass is 16.5. The van der Waals surface area contributed by atoms with Crippen LogP contribution >= 0.6 is 0 Å². The first-order valence-corrected chi connectivity index (χ1v) is 6.50. The molecule has 0 aliphatic heterocycles. The number of methoxy groups -OCH3 is 1. The molecule has 0 fully saturated rings. The molecule has 0 saturated carbocycles. The van der Waals surface area contributed by atoms with Gasteiger partial charge in [-0.15, -0.1) is 0 Å². The maximum atomic E-state index is 10.4. The van der Waals surface area contributed by atoms with Crippen LogP contribution in [-0.2, 0) is 0 Å². The number of aliphatic hydroxyl groups is 1. The molecule has 1 atom stereocenters. The molecule has 2 aromatic rings. The minimum absolute atomic E-state index is 0.509. The van der Waals surface area contributed by atoms with Crippen LogP contribution in [0.15, 0.2) is 42.5 Å². The fourth-order valence-corrected chi connectivity index (χ4v) is 2.03. The molecule has 1 unspecified atom stereocenters. The van der Waals surface area contributed by atoms with Crippen molar-refractivity contribution >= 4 is 5.69 Å². The number of nitrogen functional groups attached to an aromatic ring is 1. The molecule has 0 amide bonds. The number of rotatable bonds is 5. The van der Waals surface area contributed by atoms with E-state index in [-0.39, 0.29) is 0 Å². The zero-order valence-corrected chi connectivity index (χ0v) is 11.7. The van der Waals surface area contributed by atoms with Crippen LogP contribution in [0.25, 0.3) is 0 Å². The van der Waals surface area contributed by atoms with Gasteiger partial charge in [0.05, 0.1) is 19.4 Å². The second-order valence-corrected chi connectivity index (χ2v) is 4.41. The summed E-state index contributed by atoms with van der Waals surface area (Å²) in [4.78, 5) is 0. The van der Waals surface area contributed by atoms with E-state index in [9.17, 15) is 5.11 Å². The summed E-state index contributed by atoms with van der Waals surface area (Å²) in [5, 5.41) is 10.4. The molecular formula is C16H19NO3. The number of aliphatic hydroxyl groups excluding tert-OH is 1. The first-order valence-electron chi connectivity index (χ1n) is 6.50. The predicted molar refractivity (Wildman–Crippen MR) is 79.1 cm³/mol. The van der Waals surface area contributed by atoms with Crippen molar-refractivity contribution in [3.8, 4) is 11.5 Å². The summed E-state index contributed by atoms with van der Waals surface area (Å²) in [5.41, 5.74) is 7.88. The molecule has 0 spiro atoms. The Hall–Kier alpha value is -2.20. The van der Waals surface area contributed by atoms with E-state index >= 15 is 0 Å². The Bertz CT molecular complexity index is 566. The van der Waals surface area contributed by atoms with Gasteiger partial charge in [0.15, 0.2) is 0 Å². The summed E-state index contributed by atoms with van der Waals surface area (Å²) < 4.78 is 10.5. The van der Waals surface area contributed by atoms with Gasteiger partial charge < -0.3 is 20.3 Å². The molecule has 0 aliphatic carbocycles. The van der Waals surface area contributed by atoms with Gasteiger partial charge in [0.1, 0.15) is 17.6 Å². The summed E-state index contributed by atoms with van der Waals surface area (Å²) in [6.45, 7) is 2.56. The van der Waals surface area contributed by atoms with Gasteiger partial charge in [0.25, 0.3) is 0 Å². The molecule has 20 heavy (non-hydrogen) atoms. The van der Waals surface area contributed by atoms with Gasteiger partial charge in [-0.2, -0.15) is 0 Å². The Labute approximate surface area is 118 Å². The topological polar surface area (TPSA) is 64.7 Å². The maximum Gasteiger partial charge on any atom is 0.141 e. The predicted octanol–water partition coefficient (Wildman–Crippen LogP) is 2.76. The Kier molecular flexibility index (Phi) is 4.48. The lowest BCUT2D eigenvalue weighted by atomic mass is 10.0. The summed E-state index contributed by atoms with van der Waals surface area (Å²) in [6.07, 6.45) is -0.723. The van der Waals surface area contributed by atoms with Crippen molar-refractivity contribution in [1.82, 2.24) is 0 Å². The third-order valence-corrected chi connectivity index (χ3v) is 3.08. The lowest BCUT2D eigenvalue weighted by Gasteiger charge is -2.14. The fourth-order valence-electron chi connectivity index (χ4n) is 2.03. The Morgan fingerprint density at radius 1 is 1.10 bits per heavy atom. The van der Waals surface area contributed by atoms with Crippen molar-refractivity contribution in [1.29, 1.82) is 0 Å². The second-order valence-electron chi connectivity index (χ2n) is 4.41. The average molecular weight is 273 g/mol. The van der Waals surface area contributed by atoms with Gasteiger partial charge in [-0.1, -0.05) is 18.2 Å². The number of hydrogen-bond acceptors (Lipinski definition) is 4. The van der Waals surface area contributed by atoms with Gasteiger partial charge in [-0.3, -0.25) is 0 Å². The summed E-state index contributed by atoms with van der Waals surface area (Å²) >= 11 is 0. The number of nitrogens with two attached hydrogens (primary N) is 1. The van der Waals surface area contributed by atoms with Crippen molar-refractivity contribution in [3.63, 3.8) is 0 Å². The molecule has 0 saturated heterocycles. The summed E-state index contributed by atoms with van der Waals surface area (Å²) in [6, 6.07) is 12.6. The minimum Gasteiger partial charge on any atom is -0.495 e. The Morgan fingerprint density at radius 3 is 2.30 bits per heavy atom. The molecule has 2 aromatic carbocycles. The molecule has 0 aromatic heterocycles. The molecule has 106 valence electrons. The normalized spacial score (nSPS) is 11.9. The van der Waals surface area contributed by atoms with E-state index < -0.39 is 6.10 Å². The lowest BCUT2D eigenvalue weighted by Crippen LogP contribution is -2.02. The molecule has 4 heteroatoms. The first-order chi connectivity index (χ1) is 9.65. The SMILES string of the molecule is CCOc1ccc(C(O)c2ccc(OC)c(N)c2)cc1. The number of hydrogen-bond donors (Lipinski definition) is 2. The maximum absolute atomic E-state index is 10.4. The average Bonchev–Trinajstić information content (AvgIpc) is 2.47. The van der Waals surface area contributed by atoms with Gasteiger partial charge in [0.2, 0.25) is 0 Å². The monoisotopic (exact) mass is 273 g/mol. The number of anilines is 1. The van der Waals surface area contributed by atoms with Crippen LogP contribution in [0.2, 0.25) is 0 Å².